The Morgan fingerprint density at radius 1 is 1.26 bits per heavy atom. The highest BCUT2D eigenvalue weighted by Crippen LogP contribution is 2.23. The van der Waals surface area contributed by atoms with Gasteiger partial charge in [0.1, 0.15) is 5.60 Å². The Morgan fingerprint density at radius 3 is 2.42 bits per heavy atom. The summed E-state index contributed by atoms with van der Waals surface area (Å²) in [4.78, 5) is 23.3. The number of hydrogen-bond acceptors (Lipinski definition) is 4. The second-order valence-corrected chi connectivity index (χ2v) is 5.72. The third kappa shape index (κ3) is 4.90. The maximum atomic E-state index is 11.7. The number of methoxy groups -OCH3 is 1. The summed E-state index contributed by atoms with van der Waals surface area (Å²) in [6.45, 7) is 5.28. The predicted molar refractivity (Wildman–Crippen MR) is 75.3 cm³/mol. The van der Waals surface area contributed by atoms with E-state index in [-0.39, 0.29) is 5.56 Å². The molecule has 0 aliphatic heterocycles. The van der Waals surface area contributed by atoms with Crippen LogP contribution in [0.5, 0.6) is 0 Å². The first-order valence-corrected chi connectivity index (χ1v) is 6.40. The largest absolute Gasteiger partial charge is 0.465 e. The normalized spacial score (nSPS) is 10.8. The van der Waals surface area contributed by atoms with E-state index in [1.54, 1.807) is 39.0 Å². The van der Waals surface area contributed by atoms with E-state index in [2.05, 4.69) is 26.0 Å². The number of hydrogen-bond donors (Lipinski definition) is 1. The molecule has 0 heterocycles. The molecule has 1 aromatic carbocycles. The van der Waals surface area contributed by atoms with E-state index >= 15 is 0 Å². The molecule has 0 aliphatic carbocycles. The summed E-state index contributed by atoms with van der Waals surface area (Å²) >= 11 is 3.27. The lowest BCUT2D eigenvalue weighted by molar-refractivity contribution is 0.0602. The van der Waals surface area contributed by atoms with Crippen LogP contribution >= 0.6 is 15.9 Å². The third-order valence-corrected chi connectivity index (χ3v) is 2.52. The van der Waals surface area contributed by atoms with Crippen molar-refractivity contribution in [1.82, 2.24) is 0 Å². The van der Waals surface area contributed by atoms with Crippen LogP contribution in [0.3, 0.4) is 0 Å². The summed E-state index contributed by atoms with van der Waals surface area (Å²) in [6, 6.07) is 4.85. The highest BCUT2D eigenvalue weighted by molar-refractivity contribution is 9.10. The van der Waals surface area contributed by atoms with Crippen molar-refractivity contribution in [2.24, 2.45) is 0 Å². The standard InChI is InChI=1S/C13H16BrNO4/c1-13(2,3)19-12(17)15-10-7-8(14)5-6-9(10)11(16)18-4/h5-7H,1-4H3,(H,15,17). The van der Waals surface area contributed by atoms with Gasteiger partial charge in [-0.2, -0.15) is 0 Å². The minimum absolute atomic E-state index is 0.261. The van der Waals surface area contributed by atoms with Gasteiger partial charge < -0.3 is 9.47 Å². The van der Waals surface area contributed by atoms with Crippen LogP contribution < -0.4 is 5.32 Å². The smallest absolute Gasteiger partial charge is 0.412 e. The molecule has 0 fully saturated rings. The van der Waals surface area contributed by atoms with Gasteiger partial charge >= 0.3 is 12.1 Å². The van der Waals surface area contributed by atoms with Crippen LogP contribution in [0, 0.1) is 0 Å². The quantitative estimate of drug-likeness (QED) is 0.842. The Balaban J connectivity index is 2.96. The molecule has 0 unspecified atom stereocenters. The van der Waals surface area contributed by atoms with Gasteiger partial charge in [0.05, 0.1) is 18.4 Å². The van der Waals surface area contributed by atoms with E-state index in [1.165, 1.54) is 7.11 Å². The molecule has 0 spiro atoms. The van der Waals surface area contributed by atoms with E-state index in [1.807, 2.05) is 0 Å². The van der Waals surface area contributed by atoms with Gasteiger partial charge in [-0.1, -0.05) is 15.9 Å². The molecule has 1 aromatic rings. The van der Waals surface area contributed by atoms with Crippen LogP contribution in [-0.2, 0) is 9.47 Å². The summed E-state index contributed by atoms with van der Waals surface area (Å²) in [6.07, 6.45) is -0.629. The van der Waals surface area contributed by atoms with Crippen LogP contribution in [0.2, 0.25) is 0 Å². The van der Waals surface area contributed by atoms with Crippen molar-refractivity contribution >= 4 is 33.7 Å². The average molecular weight is 330 g/mol. The molecule has 0 aliphatic rings. The summed E-state index contributed by atoms with van der Waals surface area (Å²) in [5.74, 6) is -0.529. The zero-order valence-corrected chi connectivity index (χ0v) is 12.8. The van der Waals surface area contributed by atoms with Gasteiger partial charge in [0.2, 0.25) is 0 Å². The lowest BCUT2D eigenvalue weighted by atomic mass is 10.2. The molecule has 1 amide bonds. The third-order valence-electron chi connectivity index (χ3n) is 2.02. The van der Waals surface area contributed by atoms with Crippen molar-refractivity contribution in [3.8, 4) is 0 Å². The number of rotatable bonds is 2. The van der Waals surface area contributed by atoms with Crippen LogP contribution in [-0.4, -0.2) is 24.8 Å². The Morgan fingerprint density at radius 2 is 1.89 bits per heavy atom. The molecule has 0 aromatic heterocycles. The van der Waals surface area contributed by atoms with Gasteiger partial charge in [-0.25, -0.2) is 9.59 Å². The van der Waals surface area contributed by atoms with Gasteiger partial charge in [-0.05, 0) is 39.0 Å². The first kappa shape index (κ1) is 15.5. The molecule has 0 atom stereocenters. The van der Waals surface area contributed by atoms with Gasteiger partial charge in [0.25, 0.3) is 0 Å². The predicted octanol–water partition coefficient (Wildman–Crippen LogP) is 3.58. The van der Waals surface area contributed by atoms with E-state index in [0.29, 0.717) is 5.69 Å². The molecule has 104 valence electrons. The Hall–Kier alpha value is -1.56. The summed E-state index contributed by atoms with van der Waals surface area (Å²) < 4.78 is 10.5. The zero-order valence-electron chi connectivity index (χ0n) is 11.2. The minimum atomic E-state index is -0.629. The number of carbonyl (C=O) groups excluding carboxylic acids is 2. The highest BCUT2D eigenvalue weighted by atomic mass is 79.9. The van der Waals surface area contributed by atoms with Crippen LogP contribution in [0.4, 0.5) is 10.5 Å². The topological polar surface area (TPSA) is 64.6 Å². The van der Waals surface area contributed by atoms with E-state index in [4.69, 9.17) is 4.74 Å². The second kappa shape index (κ2) is 6.06. The first-order valence-electron chi connectivity index (χ1n) is 5.61. The van der Waals surface area contributed by atoms with Crippen molar-refractivity contribution in [2.45, 2.75) is 26.4 Å². The van der Waals surface area contributed by atoms with Gasteiger partial charge in [0, 0.05) is 4.47 Å². The van der Waals surface area contributed by atoms with Crippen molar-refractivity contribution < 1.29 is 19.1 Å². The van der Waals surface area contributed by atoms with Crippen molar-refractivity contribution in [3.63, 3.8) is 0 Å². The molecule has 19 heavy (non-hydrogen) atoms. The number of nitrogens with one attached hydrogen (secondary N) is 1. The Bertz CT molecular complexity index is 494. The van der Waals surface area contributed by atoms with Gasteiger partial charge in [-0.3, -0.25) is 5.32 Å². The minimum Gasteiger partial charge on any atom is -0.465 e. The number of halogens is 1. The number of anilines is 1. The highest BCUT2D eigenvalue weighted by Gasteiger charge is 2.19. The lowest BCUT2D eigenvalue weighted by Crippen LogP contribution is -2.27. The maximum absolute atomic E-state index is 11.7. The molecule has 0 bridgehead atoms. The van der Waals surface area contributed by atoms with Gasteiger partial charge in [0.15, 0.2) is 0 Å². The molecule has 0 saturated carbocycles. The van der Waals surface area contributed by atoms with E-state index < -0.39 is 17.7 Å². The molecule has 0 saturated heterocycles. The van der Waals surface area contributed by atoms with E-state index in [9.17, 15) is 9.59 Å². The fourth-order valence-corrected chi connectivity index (χ4v) is 1.68. The van der Waals surface area contributed by atoms with Crippen LogP contribution in [0.25, 0.3) is 0 Å². The number of carbonyl (C=O) groups is 2. The fourth-order valence-electron chi connectivity index (χ4n) is 1.32. The monoisotopic (exact) mass is 329 g/mol. The number of esters is 1. The lowest BCUT2D eigenvalue weighted by Gasteiger charge is -2.20. The van der Waals surface area contributed by atoms with Crippen molar-refractivity contribution in [2.75, 3.05) is 12.4 Å². The summed E-state index contributed by atoms with van der Waals surface area (Å²) in [7, 11) is 1.28. The fraction of sp³-hybridized carbons (Fsp3) is 0.385. The zero-order chi connectivity index (χ0) is 14.6. The van der Waals surface area contributed by atoms with E-state index in [0.717, 1.165) is 4.47 Å². The summed E-state index contributed by atoms with van der Waals surface area (Å²) in [5, 5.41) is 2.53. The van der Waals surface area contributed by atoms with Crippen molar-refractivity contribution in [3.05, 3.63) is 28.2 Å². The first-order chi connectivity index (χ1) is 8.73. The second-order valence-electron chi connectivity index (χ2n) is 4.81. The molecule has 1 N–H and O–H groups in total. The molecule has 0 radical (unpaired) electrons. The SMILES string of the molecule is COC(=O)c1ccc(Br)cc1NC(=O)OC(C)(C)C. The maximum Gasteiger partial charge on any atom is 0.412 e. The molecule has 1 rings (SSSR count). The van der Waals surface area contributed by atoms with Gasteiger partial charge in [-0.15, -0.1) is 0 Å². The Labute approximate surface area is 120 Å². The number of amides is 1. The summed E-state index contributed by atoms with van der Waals surface area (Å²) in [5.41, 5.74) is -0.0198. The molecular formula is C13H16BrNO4. The molecular weight excluding hydrogens is 314 g/mol. The molecule has 5 nitrogen and oxygen atoms in total. The number of benzene rings is 1. The average Bonchev–Trinajstić information content (AvgIpc) is 2.25. The Kier molecular flexibility index (Phi) is 4.94. The molecule has 6 heteroatoms. The van der Waals surface area contributed by atoms with Crippen LogP contribution in [0.15, 0.2) is 22.7 Å². The van der Waals surface area contributed by atoms with Crippen LogP contribution in [0.1, 0.15) is 31.1 Å². The van der Waals surface area contributed by atoms with Crippen molar-refractivity contribution in [1.29, 1.82) is 0 Å². The number of ether oxygens (including phenoxy) is 2.